The summed E-state index contributed by atoms with van der Waals surface area (Å²) >= 11 is 5.00. The summed E-state index contributed by atoms with van der Waals surface area (Å²) in [5.74, 6) is 2.40. The van der Waals surface area contributed by atoms with Crippen molar-refractivity contribution in [2.24, 2.45) is 0 Å². The van der Waals surface area contributed by atoms with Crippen molar-refractivity contribution in [2.75, 3.05) is 18.5 Å². The van der Waals surface area contributed by atoms with Gasteiger partial charge in [-0.25, -0.2) is 4.98 Å². The molecule has 1 aliphatic rings. The molecule has 6 heteroatoms. The molecule has 0 fully saturated rings. The third-order valence-corrected chi connectivity index (χ3v) is 2.99. The van der Waals surface area contributed by atoms with Gasteiger partial charge in [-0.05, 0) is 12.1 Å². The first kappa shape index (κ1) is 12.0. The molecule has 0 saturated carbocycles. The molecule has 5 nitrogen and oxygen atoms in total. The van der Waals surface area contributed by atoms with Crippen molar-refractivity contribution in [1.29, 1.82) is 0 Å². The Bertz CT molecular complexity index is 629. The fraction of sp³-hybridized carbons (Fsp3) is 0.231. The molecular formula is C13H13N3O2S. The maximum atomic E-state index is 5.84. The second-order valence-corrected chi connectivity index (χ2v) is 4.60. The molecule has 0 amide bonds. The van der Waals surface area contributed by atoms with Gasteiger partial charge in [0.2, 0.25) is 0 Å². The number of hydrogen-bond acceptors (Lipinski definition) is 5. The fourth-order valence-corrected chi connectivity index (χ4v) is 2.03. The Morgan fingerprint density at radius 1 is 1.37 bits per heavy atom. The van der Waals surface area contributed by atoms with Gasteiger partial charge in [-0.15, -0.1) is 0 Å². The van der Waals surface area contributed by atoms with Gasteiger partial charge in [-0.3, -0.25) is 0 Å². The normalized spacial score (nSPS) is 16.9. The van der Waals surface area contributed by atoms with Gasteiger partial charge >= 0.3 is 0 Å². The van der Waals surface area contributed by atoms with Crippen molar-refractivity contribution in [3.8, 4) is 11.5 Å². The van der Waals surface area contributed by atoms with Crippen molar-refractivity contribution in [2.45, 2.75) is 6.10 Å². The number of aromatic amines is 1. The molecule has 1 atom stereocenters. The van der Waals surface area contributed by atoms with E-state index in [1.54, 1.807) is 12.4 Å². The number of H-pyrrole nitrogens is 1. The first-order valence-corrected chi connectivity index (χ1v) is 6.39. The van der Waals surface area contributed by atoms with E-state index in [4.69, 9.17) is 21.7 Å². The highest BCUT2D eigenvalue weighted by atomic mass is 32.1. The molecule has 19 heavy (non-hydrogen) atoms. The van der Waals surface area contributed by atoms with Crippen LogP contribution < -0.4 is 14.8 Å². The molecule has 0 radical (unpaired) electrons. The lowest BCUT2D eigenvalue weighted by atomic mass is 10.2. The lowest BCUT2D eigenvalue weighted by Gasteiger charge is -2.26. The number of fused-ring (bicyclic) bond motifs is 1. The summed E-state index contributed by atoms with van der Waals surface area (Å²) in [6.45, 7) is 1.15. The highest BCUT2D eigenvalue weighted by Gasteiger charge is 2.20. The van der Waals surface area contributed by atoms with E-state index in [0.717, 1.165) is 17.3 Å². The average molecular weight is 275 g/mol. The van der Waals surface area contributed by atoms with E-state index < -0.39 is 0 Å². The zero-order valence-electron chi connectivity index (χ0n) is 10.1. The number of aromatic nitrogens is 2. The van der Waals surface area contributed by atoms with E-state index in [2.05, 4.69) is 15.3 Å². The highest BCUT2D eigenvalue weighted by Crippen LogP contribution is 2.30. The molecule has 2 N–H and O–H groups in total. The first-order chi connectivity index (χ1) is 9.31. The molecule has 2 heterocycles. The predicted molar refractivity (Wildman–Crippen MR) is 74.3 cm³/mol. The minimum Gasteiger partial charge on any atom is -0.486 e. The number of anilines is 1. The summed E-state index contributed by atoms with van der Waals surface area (Å²) in [7, 11) is 0. The van der Waals surface area contributed by atoms with Gasteiger partial charge in [0, 0.05) is 6.07 Å². The summed E-state index contributed by atoms with van der Waals surface area (Å²) in [6, 6.07) is 9.43. The Hall–Kier alpha value is -2.08. The van der Waals surface area contributed by atoms with Crippen molar-refractivity contribution in [3.63, 3.8) is 0 Å². The monoisotopic (exact) mass is 275 g/mol. The molecule has 1 aromatic carbocycles. The van der Waals surface area contributed by atoms with Gasteiger partial charge in [0.05, 0.1) is 12.9 Å². The lowest BCUT2D eigenvalue weighted by molar-refractivity contribution is 0.0997. The van der Waals surface area contributed by atoms with Crippen molar-refractivity contribution < 1.29 is 9.47 Å². The van der Waals surface area contributed by atoms with Gasteiger partial charge < -0.3 is 19.8 Å². The molecule has 0 bridgehead atoms. The predicted octanol–water partition coefficient (Wildman–Crippen LogP) is 2.39. The van der Waals surface area contributed by atoms with Gasteiger partial charge in [0.25, 0.3) is 0 Å². The molecular weight excluding hydrogens is 262 g/mol. The van der Waals surface area contributed by atoms with Gasteiger partial charge in [0.15, 0.2) is 11.5 Å². The molecule has 0 aliphatic carbocycles. The van der Waals surface area contributed by atoms with Crippen molar-refractivity contribution in [3.05, 3.63) is 41.3 Å². The quantitative estimate of drug-likeness (QED) is 0.842. The number of ether oxygens (including phenoxy) is 2. The fourth-order valence-electron chi connectivity index (χ4n) is 1.86. The van der Waals surface area contributed by atoms with Crippen LogP contribution in [0.25, 0.3) is 0 Å². The Labute approximate surface area is 115 Å². The molecule has 1 unspecified atom stereocenters. The number of nitrogens with zero attached hydrogens (tertiary/aromatic N) is 1. The largest absolute Gasteiger partial charge is 0.486 e. The van der Waals surface area contributed by atoms with Crippen LogP contribution >= 0.6 is 12.2 Å². The standard InChI is InChI=1S/C13H13N3O2S/c19-13-5-12(15-8-16-13)14-6-9-7-17-10-3-1-2-4-11(10)18-9/h1-5,8-9H,6-7H2,(H2,14,15,16,19). The second kappa shape index (κ2) is 5.27. The average Bonchev–Trinajstić information content (AvgIpc) is 2.45. The van der Waals surface area contributed by atoms with Crippen molar-refractivity contribution in [1.82, 2.24) is 9.97 Å². The number of para-hydroxylation sites is 2. The SMILES string of the molecule is S=c1cc(NCC2COc3ccccc3O2)[nH]cn1. The molecule has 3 rings (SSSR count). The minimum atomic E-state index is -0.0370. The lowest BCUT2D eigenvalue weighted by Crippen LogP contribution is -2.35. The maximum absolute atomic E-state index is 5.84. The summed E-state index contributed by atoms with van der Waals surface area (Å²) in [5.41, 5.74) is 0. The van der Waals surface area contributed by atoms with Crippen LogP contribution in [0.3, 0.4) is 0 Å². The highest BCUT2D eigenvalue weighted by molar-refractivity contribution is 7.71. The van der Waals surface area contributed by atoms with E-state index in [0.29, 0.717) is 17.8 Å². The van der Waals surface area contributed by atoms with Crippen LogP contribution in [0, 0.1) is 4.64 Å². The zero-order chi connectivity index (χ0) is 13.1. The van der Waals surface area contributed by atoms with Crippen LogP contribution in [-0.4, -0.2) is 29.2 Å². The van der Waals surface area contributed by atoms with Crippen molar-refractivity contribution >= 4 is 18.0 Å². The molecule has 98 valence electrons. The second-order valence-electron chi connectivity index (χ2n) is 4.18. The zero-order valence-corrected chi connectivity index (χ0v) is 10.9. The first-order valence-electron chi connectivity index (χ1n) is 5.98. The van der Waals surface area contributed by atoms with Crippen LogP contribution in [-0.2, 0) is 0 Å². The smallest absolute Gasteiger partial charge is 0.161 e. The molecule has 1 aromatic heterocycles. The Kier molecular flexibility index (Phi) is 3.33. The maximum Gasteiger partial charge on any atom is 0.161 e. The summed E-state index contributed by atoms with van der Waals surface area (Å²) in [5, 5.41) is 3.22. The number of nitrogens with one attached hydrogen (secondary N) is 2. The molecule has 2 aromatic rings. The third kappa shape index (κ3) is 2.85. The number of hydrogen-bond donors (Lipinski definition) is 2. The van der Waals surface area contributed by atoms with E-state index in [1.807, 2.05) is 24.3 Å². The Morgan fingerprint density at radius 3 is 3.05 bits per heavy atom. The van der Waals surface area contributed by atoms with Crippen LogP contribution in [0.1, 0.15) is 0 Å². The number of benzene rings is 1. The molecule has 0 saturated heterocycles. The third-order valence-electron chi connectivity index (χ3n) is 2.77. The summed E-state index contributed by atoms with van der Waals surface area (Å²) in [6.07, 6.45) is 1.53. The molecule has 1 aliphatic heterocycles. The van der Waals surface area contributed by atoms with E-state index in [9.17, 15) is 0 Å². The molecule has 0 spiro atoms. The number of rotatable bonds is 3. The summed E-state index contributed by atoms with van der Waals surface area (Å²) in [4.78, 5) is 6.91. The van der Waals surface area contributed by atoms with Gasteiger partial charge in [-0.1, -0.05) is 24.4 Å². The van der Waals surface area contributed by atoms with Crippen LogP contribution in [0.15, 0.2) is 36.7 Å². The van der Waals surface area contributed by atoms with Crippen LogP contribution in [0.5, 0.6) is 11.5 Å². The van der Waals surface area contributed by atoms with E-state index >= 15 is 0 Å². The van der Waals surface area contributed by atoms with E-state index in [-0.39, 0.29) is 6.10 Å². The minimum absolute atomic E-state index is 0.0370. The topological polar surface area (TPSA) is 59.2 Å². The van der Waals surface area contributed by atoms with Crippen LogP contribution in [0.2, 0.25) is 0 Å². The van der Waals surface area contributed by atoms with Gasteiger partial charge in [0.1, 0.15) is 23.2 Å². The Morgan fingerprint density at radius 2 is 2.21 bits per heavy atom. The Balaban J connectivity index is 1.62. The van der Waals surface area contributed by atoms with E-state index in [1.165, 1.54) is 0 Å². The summed E-state index contributed by atoms with van der Waals surface area (Å²) < 4.78 is 12.0. The van der Waals surface area contributed by atoms with Gasteiger partial charge in [-0.2, -0.15) is 0 Å². The van der Waals surface area contributed by atoms with Crippen LogP contribution in [0.4, 0.5) is 5.82 Å².